The van der Waals surface area contributed by atoms with Gasteiger partial charge in [-0.25, -0.2) is 0 Å². The lowest BCUT2D eigenvalue weighted by molar-refractivity contribution is -0.913. The van der Waals surface area contributed by atoms with Crippen molar-refractivity contribution in [3.63, 3.8) is 0 Å². The first-order chi connectivity index (χ1) is 14.0. The van der Waals surface area contributed by atoms with Gasteiger partial charge in [-0.1, -0.05) is 123 Å². The molecule has 0 saturated heterocycles. The van der Waals surface area contributed by atoms with Crippen molar-refractivity contribution in [2.24, 2.45) is 0 Å². The predicted molar refractivity (Wildman–Crippen MR) is 135 cm³/mol. The zero-order valence-corrected chi connectivity index (χ0v) is 22.7. The van der Waals surface area contributed by atoms with Crippen molar-refractivity contribution >= 4 is 0 Å². The zero-order chi connectivity index (χ0) is 21.6. The normalized spacial score (nSPS) is 12.7. The van der Waals surface area contributed by atoms with E-state index in [-0.39, 0.29) is 12.4 Å². The minimum atomic E-state index is 0. The Morgan fingerprint density at radius 2 is 0.767 bits per heavy atom. The summed E-state index contributed by atoms with van der Waals surface area (Å²) in [5.41, 5.74) is 0. The lowest BCUT2D eigenvalue weighted by atomic mass is 10.0. The minimum Gasteiger partial charge on any atom is -1.00 e. The van der Waals surface area contributed by atoms with Gasteiger partial charge in [-0.15, -0.1) is 0 Å². The van der Waals surface area contributed by atoms with Crippen molar-refractivity contribution in [2.75, 3.05) is 20.6 Å². The summed E-state index contributed by atoms with van der Waals surface area (Å²) in [5.74, 6) is 0. The standard InChI is InChI=1S/C28H60N.ClH/c1-6-8-10-12-14-16-18-20-22-24-26-28(3)29(4,5)27-25-23-21-19-17-15-13-11-9-7-2;/h28H,6-27H2,1-5H3;1H/q+1;/p-1. The van der Waals surface area contributed by atoms with Crippen LogP contribution in [0.15, 0.2) is 0 Å². The third-order valence-electron chi connectivity index (χ3n) is 7.26. The van der Waals surface area contributed by atoms with E-state index in [4.69, 9.17) is 0 Å². The molecule has 0 saturated carbocycles. The highest BCUT2D eigenvalue weighted by Crippen LogP contribution is 2.18. The van der Waals surface area contributed by atoms with Gasteiger partial charge in [0.2, 0.25) is 0 Å². The minimum absolute atomic E-state index is 0. The second kappa shape index (κ2) is 23.9. The number of hydrogen-bond donors (Lipinski definition) is 0. The Balaban J connectivity index is 0. The Bertz CT molecular complexity index is 316. The lowest BCUT2D eigenvalue weighted by Gasteiger charge is -2.36. The summed E-state index contributed by atoms with van der Waals surface area (Å²) in [6.45, 7) is 8.47. The summed E-state index contributed by atoms with van der Waals surface area (Å²) in [4.78, 5) is 0. The molecule has 2 heteroatoms. The van der Waals surface area contributed by atoms with Crippen LogP contribution in [-0.2, 0) is 0 Å². The molecule has 1 nitrogen and oxygen atoms in total. The summed E-state index contributed by atoms with van der Waals surface area (Å²) in [5, 5.41) is 0. The van der Waals surface area contributed by atoms with E-state index in [9.17, 15) is 0 Å². The monoisotopic (exact) mass is 445 g/mol. The van der Waals surface area contributed by atoms with Gasteiger partial charge in [0.15, 0.2) is 0 Å². The Morgan fingerprint density at radius 3 is 1.13 bits per heavy atom. The number of rotatable bonds is 23. The number of hydrogen-bond acceptors (Lipinski definition) is 0. The molecule has 0 N–H and O–H groups in total. The van der Waals surface area contributed by atoms with Crippen LogP contribution < -0.4 is 12.4 Å². The maximum absolute atomic E-state index is 2.49. The Labute approximate surface area is 199 Å². The molecule has 0 aliphatic carbocycles. The molecule has 0 heterocycles. The molecule has 1 atom stereocenters. The van der Waals surface area contributed by atoms with Crippen LogP contribution in [0.4, 0.5) is 0 Å². The molecule has 0 spiro atoms. The molecule has 0 fully saturated rings. The fourth-order valence-corrected chi connectivity index (χ4v) is 4.50. The zero-order valence-electron chi connectivity index (χ0n) is 22.0. The van der Waals surface area contributed by atoms with Crippen LogP contribution in [0, 0.1) is 0 Å². The van der Waals surface area contributed by atoms with E-state index in [1.165, 1.54) is 146 Å². The van der Waals surface area contributed by atoms with E-state index >= 15 is 0 Å². The highest BCUT2D eigenvalue weighted by atomic mass is 35.5. The number of nitrogens with zero attached hydrogens (tertiary/aromatic N) is 1. The van der Waals surface area contributed by atoms with Crippen molar-refractivity contribution in [2.45, 2.75) is 162 Å². The molecule has 30 heavy (non-hydrogen) atoms. The molecule has 184 valence electrons. The third kappa shape index (κ3) is 21.5. The topological polar surface area (TPSA) is 0 Å². The molecule has 0 bridgehead atoms. The predicted octanol–water partition coefficient (Wildman–Crippen LogP) is 6.69. The van der Waals surface area contributed by atoms with Crippen molar-refractivity contribution in [1.82, 2.24) is 0 Å². The number of unbranched alkanes of at least 4 members (excludes halogenated alkanes) is 18. The van der Waals surface area contributed by atoms with Gasteiger partial charge < -0.3 is 16.9 Å². The maximum Gasteiger partial charge on any atom is 0.0857 e. The molecule has 1 unspecified atom stereocenters. The maximum atomic E-state index is 2.49. The van der Waals surface area contributed by atoms with Gasteiger partial charge in [0, 0.05) is 0 Å². The Kier molecular flexibility index (Phi) is 25.8. The fourth-order valence-electron chi connectivity index (χ4n) is 4.50. The average Bonchev–Trinajstić information content (AvgIpc) is 2.70. The van der Waals surface area contributed by atoms with Crippen molar-refractivity contribution in [3.05, 3.63) is 0 Å². The van der Waals surface area contributed by atoms with Crippen LogP contribution in [0.25, 0.3) is 0 Å². The molecule has 0 aromatic rings. The SMILES string of the molecule is CCCCCCCCCCCCC(C)[N+](C)(C)CCCCCCCCCCCC.[Cl-]. The van der Waals surface area contributed by atoms with E-state index in [0.717, 1.165) is 6.04 Å². The smallest absolute Gasteiger partial charge is 0.0857 e. The second-order valence-corrected chi connectivity index (χ2v) is 10.5. The quantitative estimate of drug-likeness (QED) is 0.121. The third-order valence-corrected chi connectivity index (χ3v) is 7.26. The summed E-state index contributed by atoms with van der Waals surface area (Å²) in [6, 6.07) is 0.822. The van der Waals surface area contributed by atoms with Crippen LogP contribution in [0.2, 0.25) is 0 Å². The van der Waals surface area contributed by atoms with Gasteiger partial charge in [-0.05, 0) is 32.6 Å². The van der Waals surface area contributed by atoms with Crippen molar-refractivity contribution in [3.8, 4) is 0 Å². The highest BCUT2D eigenvalue weighted by molar-refractivity contribution is 4.55. The first kappa shape index (κ1) is 32.4. The molecular weight excluding hydrogens is 386 g/mol. The molecule has 0 radical (unpaired) electrons. The number of halogens is 1. The van der Waals surface area contributed by atoms with Crippen LogP contribution in [0.1, 0.15) is 156 Å². The molecule has 0 amide bonds. The summed E-state index contributed by atoms with van der Waals surface area (Å²) in [6.07, 6.45) is 30.4. The first-order valence-corrected chi connectivity index (χ1v) is 13.9. The molecule has 0 aromatic heterocycles. The molecular formula is C28H60ClN. The van der Waals surface area contributed by atoms with Gasteiger partial charge in [0.1, 0.15) is 0 Å². The van der Waals surface area contributed by atoms with E-state index in [1.54, 1.807) is 0 Å². The lowest BCUT2D eigenvalue weighted by Crippen LogP contribution is -3.00. The van der Waals surface area contributed by atoms with Gasteiger partial charge >= 0.3 is 0 Å². The van der Waals surface area contributed by atoms with E-state index in [1.807, 2.05) is 0 Å². The van der Waals surface area contributed by atoms with Crippen LogP contribution in [0.5, 0.6) is 0 Å². The van der Waals surface area contributed by atoms with Gasteiger partial charge in [-0.3, -0.25) is 0 Å². The second-order valence-electron chi connectivity index (χ2n) is 10.5. The molecule has 0 aromatic carbocycles. The molecule has 0 aliphatic rings. The van der Waals surface area contributed by atoms with Crippen LogP contribution in [-0.4, -0.2) is 31.2 Å². The van der Waals surface area contributed by atoms with Crippen molar-refractivity contribution < 1.29 is 16.9 Å². The van der Waals surface area contributed by atoms with Crippen molar-refractivity contribution in [1.29, 1.82) is 0 Å². The summed E-state index contributed by atoms with van der Waals surface area (Å²) < 4.78 is 1.23. The van der Waals surface area contributed by atoms with Gasteiger partial charge in [-0.2, -0.15) is 0 Å². The summed E-state index contributed by atoms with van der Waals surface area (Å²) >= 11 is 0. The van der Waals surface area contributed by atoms with E-state index < -0.39 is 0 Å². The molecule has 0 rings (SSSR count). The highest BCUT2D eigenvalue weighted by Gasteiger charge is 2.22. The van der Waals surface area contributed by atoms with E-state index in [2.05, 4.69) is 34.9 Å². The number of quaternary nitrogens is 1. The Morgan fingerprint density at radius 1 is 0.467 bits per heavy atom. The van der Waals surface area contributed by atoms with Gasteiger partial charge in [0.25, 0.3) is 0 Å². The Hall–Kier alpha value is 0.250. The molecule has 0 aliphatic heterocycles. The van der Waals surface area contributed by atoms with Crippen LogP contribution >= 0.6 is 0 Å². The van der Waals surface area contributed by atoms with Crippen LogP contribution in [0.3, 0.4) is 0 Å². The van der Waals surface area contributed by atoms with E-state index in [0.29, 0.717) is 0 Å². The fraction of sp³-hybridized carbons (Fsp3) is 1.00. The summed E-state index contributed by atoms with van der Waals surface area (Å²) in [7, 11) is 4.93. The average molecular weight is 446 g/mol. The first-order valence-electron chi connectivity index (χ1n) is 13.9. The van der Waals surface area contributed by atoms with Gasteiger partial charge in [0.05, 0.1) is 26.7 Å². The largest absolute Gasteiger partial charge is 1.00 e.